The van der Waals surface area contributed by atoms with Crippen molar-refractivity contribution in [1.82, 2.24) is 4.31 Å². The van der Waals surface area contributed by atoms with Crippen molar-refractivity contribution in [1.29, 1.82) is 0 Å². The molecule has 1 saturated heterocycles. The molecular weight excluding hydrogens is 320 g/mol. The maximum atomic E-state index is 12.8. The highest BCUT2D eigenvalue weighted by molar-refractivity contribution is 7.89. The van der Waals surface area contributed by atoms with E-state index >= 15 is 0 Å². The summed E-state index contributed by atoms with van der Waals surface area (Å²) in [5, 5.41) is 3.01. The van der Waals surface area contributed by atoms with E-state index < -0.39 is 10.0 Å². The molecule has 0 aliphatic carbocycles. The highest BCUT2D eigenvalue weighted by atomic mass is 32.2. The third kappa shape index (κ3) is 3.79. The molecule has 4 nitrogen and oxygen atoms in total. The van der Waals surface area contributed by atoms with Crippen LogP contribution in [-0.4, -0.2) is 32.9 Å². The zero-order valence-corrected chi connectivity index (χ0v) is 14.8. The van der Waals surface area contributed by atoms with E-state index in [4.69, 9.17) is 0 Å². The van der Waals surface area contributed by atoms with Gasteiger partial charge in [-0.25, -0.2) is 8.42 Å². The summed E-state index contributed by atoms with van der Waals surface area (Å²) in [4.78, 5) is 0.378. The minimum Gasteiger partial charge on any atom is -0.388 e. The van der Waals surface area contributed by atoms with Crippen LogP contribution in [0.25, 0.3) is 0 Å². The van der Waals surface area contributed by atoms with E-state index in [9.17, 15) is 8.42 Å². The summed E-state index contributed by atoms with van der Waals surface area (Å²) in [7, 11) is -1.56. The number of rotatable bonds is 5. The molecule has 24 heavy (non-hydrogen) atoms. The smallest absolute Gasteiger partial charge is 0.243 e. The fraction of sp³-hybridized carbons (Fsp3) is 0.368. The SMILES string of the molecule is CNc1ccc(S(=O)(=O)N2CCC(Cc3ccccc3)CC2)cc1. The van der Waals surface area contributed by atoms with E-state index in [-0.39, 0.29) is 0 Å². The number of hydrogen-bond acceptors (Lipinski definition) is 3. The molecule has 0 saturated carbocycles. The van der Waals surface area contributed by atoms with Crippen LogP contribution in [0.3, 0.4) is 0 Å². The number of sulfonamides is 1. The van der Waals surface area contributed by atoms with E-state index in [0.29, 0.717) is 23.9 Å². The Labute approximate surface area is 144 Å². The van der Waals surface area contributed by atoms with E-state index in [0.717, 1.165) is 24.9 Å². The average Bonchev–Trinajstić information content (AvgIpc) is 2.63. The fourth-order valence-corrected chi connectivity index (χ4v) is 4.71. The molecule has 1 aliphatic heterocycles. The Bertz CT molecular complexity index is 750. The van der Waals surface area contributed by atoms with Crippen LogP contribution in [0.1, 0.15) is 18.4 Å². The van der Waals surface area contributed by atoms with Crippen LogP contribution < -0.4 is 5.32 Å². The van der Waals surface area contributed by atoms with Crippen molar-refractivity contribution < 1.29 is 8.42 Å². The first-order valence-corrected chi connectivity index (χ1v) is 9.85. The minimum absolute atomic E-state index is 0.378. The summed E-state index contributed by atoms with van der Waals surface area (Å²) < 4.78 is 27.1. The van der Waals surface area contributed by atoms with Crippen molar-refractivity contribution in [3.05, 3.63) is 60.2 Å². The van der Waals surface area contributed by atoms with Gasteiger partial charge in [0.05, 0.1) is 4.90 Å². The molecule has 0 amide bonds. The van der Waals surface area contributed by atoms with Gasteiger partial charge in [0.15, 0.2) is 0 Å². The van der Waals surface area contributed by atoms with Gasteiger partial charge in [-0.2, -0.15) is 4.31 Å². The van der Waals surface area contributed by atoms with Crippen molar-refractivity contribution >= 4 is 15.7 Å². The number of anilines is 1. The molecule has 0 atom stereocenters. The summed E-state index contributed by atoms with van der Waals surface area (Å²) in [6.45, 7) is 1.21. The Morgan fingerprint density at radius 1 is 1.00 bits per heavy atom. The van der Waals surface area contributed by atoms with Gasteiger partial charge in [0.25, 0.3) is 0 Å². The van der Waals surface area contributed by atoms with Crippen LogP contribution >= 0.6 is 0 Å². The highest BCUT2D eigenvalue weighted by Gasteiger charge is 2.29. The molecule has 1 fully saturated rings. The second-order valence-corrected chi connectivity index (χ2v) is 8.25. The topological polar surface area (TPSA) is 49.4 Å². The Morgan fingerprint density at radius 3 is 2.21 bits per heavy atom. The van der Waals surface area contributed by atoms with Gasteiger partial charge in [-0.05, 0) is 55.0 Å². The molecule has 1 N–H and O–H groups in total. The van der Waals surface area contributed by atoms with Gasteiger partial charge in [-0.3, -0.25) is 0 Å². The first-order valence-electron chi connectivity index (χ1n) is 8.41. The van der Waals surface area contributed by atoms with Crippen molar-refractivity contribution in [2.75, 3.05) is 25.5 Å². The number of piperidine rings is 1. The third-order valence-electron chi connectivity index (χ3n) is 4.72. The lowest BCUT2D eigenvalue weighted by atomic mass is 9.91. The summed E-state index contributed by atoms with van der Waals surface area (Å²) in [6, 6.07) is 17.4. The lowest BCUT2D eigenvalue weighted by Gasteiger charge is -2.31. The van der Waals surface area contributed by atoms with Crippen LogP contribution in [0, 0.1) is 5.92 Å². The molecule has 0 aromatic heterocycles. The van der Waals surface area contributed by atoms with Gasteiger partial charge >= 0.3 is 0 Å². The third-order valence-corrected chi connectivity index (χ3v) is 6.63. The first-order chi connectivity index (χ1) is 11.6. The second kappa shape index (κ2) is 7.36. The lowest BCUT2D eigenvalue weighted by molar-refractivity contribution is 0.273. The summed E-state index contributed by atoms with van der Waals surface area (Å²) >= 11 is 0. The molecular formula is C19H24N2O2S. The second-order valence-electron chi connectivity index (χ2n) is 6.31. The van der Waals surface area contributed by atoms with Crippen LogP contribution in [0.2, 0.25) is 0 Å². The van der Waals surface area contributed by atoms with E-state index in [2.05, 4.69) is 29.6 Å². The Hall–Kier alpha value is -1.85. The highest BCUT2D eigenvalue weighted by Crippen LogP contribution is 2.26. The summed E-state index contributed by atoms with van der Waals surface area (Å²) in [5.74, 6) is 0.561. The minimum atomic E-state index is -3.38. The molecule has 0 spiro atoms. The van der Waals surface area contributed by atoms with Gasteiger partial charge in [-0.1, -0.05) is 30.3 Å². The van der Waals surface area contributed by atoms with E-state index in [1.807, 2.05) is 13.1 Å². The van der Waals surface area contributed by atoms with Gasteiger partial charge in [0, 0.05) is 25.8 Å². The predicted molar refractivity (Wildman–Crippen MR) is 97.6 cm³/mol. The Balaban J connectivity index is 1.62. The standard InChI is InChI=1S/C19H24N2O2S/c1-20-18-7-9-19(10-8-18)24(22,23)21-13-11-17(12-14-21)15-16-5-3-2-4-6-16/h2-10,17,20H,11-15H2,1H3. The van der Waals surface area contributed by atoms with Crippen LogP contribution in [0.5, 0.6) is 0 Å². The van der Waals surface area contributed by atoms with Crippen molar-refractivity contribution in [3.8, 4) is 0 Å². The van der Waals surface area contributed by atoms with Crippen LogP contribution in [-0.2, 0) is 16.4 Å². The van der Waals surface area contributed by atoms with Crippen LogP contribution in [0.4, 0.5) is 5.69 Å². The summed E-state index contributed by atoms with van der Waals surface area (Å²) in [6.07, 6.45) is 2.87. The van der Waals surface area contributed by atoms with E-state index in [1.165, 1.54) is 5.56 Å². The van der Waals surface area contributed by atoms with Crippen molar-refractivity contribution in [2.24, 2.45) is 5.92 Å². The molecule has 2 aromatic carbocycles. The summed E-state index contributed by atoms with van der Waals surface area (Å²) in [5.41, 5.74) is 2.25. The molecule has 5 heteroatoms. The van der Waals surface area contributed by atoms with Gasteiger partial charge in [-0.15, -0.1) is 0 Å². The lowest BCUT2D eigenvalue weighted by Crippen LogP contribution is -2.38. The maximum Gasteiger partial charge on any atom is 0.243 e. The largest absolute Gasteiger partial charge is 0.388 e. The Morgan fingerprint density at radius 2 is 1.62 bits per heavy atom. The van der Waals surface area contributed by atoms with Crippen molar-refractivity contribution in [2.45, 2.75) is 24.2 Å². The molecule has 1 heterocycles. The predicted octanol–water partition coefficient (Wildman–Crippen LogP) is 3.37. The number of nitrogens with zero attached hydrogens (tertiary/aromatic N) is 1. The van der Waals surface area contributed by atoms with Gasteiger partial charge in [0.2, 0.25) is 10.0 Å². The normalized spacial score (nSPS) is 16.9. The number of nitrogens with one attached hydrogen (secondary N) is 1. The van der Waals surface area contributed by atoms with Gasteiger partial charge in [0.1, 0.15) is 0 Å². The number of hydrogen-bond donors (Lipinski definition) is 1. The molecule has 3 rings (SSSR count). The average molecular weight is 344 g/mol. The molecule has 0 unspecified atom stereocenters. The molecule has 0 bridgehead atoms. The quantitative estimate of drug-likeness (QED) is 0.905. The molecule has 0 radical (unpaired) electrons. The zero-order valence-electron chi connectivity index (χ0n) is 14.0. The first kappa shape index (κ1) is 17.0. The van der Waals surface area contributed by atoms with Gasteiger partial charge < -0.3 is 5.32 Å². The Kier molecular flexibility index (Phi) is 5.21. The fourth-order valence-electron chi connectivity index (χ4n) is 3.24. The molecule has 128 valence electrons. The maximum absolute atomic E-state index is 12.8. The number of benzene rings is 2. The van der Waals surface area contributed by atoms with E-state index in [1.54, 1.807) is 28.6 Å². The molecule has 2 aromatic rings. The molecule has 1 aliphatic rings. The van der Waals surface area contributed by atoms with Crippen molar-refractivity contribution in [3.63, 3.8) is 0 Å². The zero-order chi connectivity index (χ0) is 17.0. The monoisotopic (exact) mass is 344 g/mol. The van der Waals surface area contributed by atoms with Crippen LogP contribution in [0.15, 0.2) is 59.5 Å².